The number of ether oxygens (including phenoxy) is 1. The molecule has 0 aromatic heterocycles. The van der Waals surface area contributed by atoms with Crippen LogP contribution in [0.5, 0.6) is 0 Å². The first-order valence-corrected chi connectivity index (χ1v) is 7.25. The van der Waals surface area contributed by atoms with Crippen molar-refractivity contribution in [2.24, 2.45) is 5.92 Å². The Morgan fingerprint density at radius 3 is 2.94 bits per heavy atom. The van der Waals surface area contributed by atoms with Gasteiger partial charge in [0.2, 0.25) is 5.91 Å². The second-order valence-electron chi connectivity index (χ2n) is 5.68. The number of nitrogens with zero attached hydrogens (tertiary/aromatic N) is 1. The van der Waals surface area contributed by atoms with Crippen LogP contribution < -0.4 is 5.32 Å². The zero-order valence-corrected chi connectivity index (χ0v) is 11.7. The highest BCUT2D eigenvalue weighted by Crippen LogP contribution is 2.28. The summed E-state index contributed by atoms with van der Waals surface area (Å²) in [5.74, 6) is 0.839. The Kier molecular flexibility index (Phi) is 4.62. The fourth-order valence-electron chi connectivity index (χ4n) is 3.37. The molecule has 0 aromatic carbocycles. The van der Waals surface area contributed by atoms with Crippen molar-refractivity contribution in [2.45, 2.75) is 44.6 Å². The third-order valence-corrected chi connectivity index (χ3v) is 4.47. The maximum absolute atomic E-state index is 12.7. The number of carbonyl (C=O) groups excluding carboxylic acids is 1. The first kappa shape index (κ1) is 13.8. The van der Waals surface area contributed by atoms with Crippen LogP contribution in [0.2, 0.25) is 0 Å². The van der Waals surface area contributed by atoms with Crippen LogP contribution in [-0.2, 0) is 9.53 Å². The van der Waals surface area contributed by atoms with E-state index < -0.39 is 0 Å². The fraction of sp³-hybridized carbons (Fsp3) is 0.929. The van der Waals surface area contributed by atoms with Crippen molar-refractivity contribution in [3.8, 4) is 0 Å². The van der Waals surface area contributed by atoms with E-state index in [1.54, 1.807) is 7.11 Å². The average molecular weight is 254 g/mol. The van der Waals surface area contributed by atoms with Gasteiger partial charge in [0.1, 0.15) is 0 Å². The molecule has 1 amide bonds. The molecule has 4 nitrogen and oxygen atoms in total. The van der Waals surface area contributed by atoms with E-state index in [4.69, 9.17) is 4.74 Å². The molecule has 0 bridgehead atoms. The zero-order chi connectivity index (χ0) is 13.0. The van der Waals surface area contributed by atoms with Crippen molar-refractivity contribution in [1.82, 2.24) is 10.2 Å². The number of piperidine rings is 1. The predicted molar refractivity (Wildman–Crippen MR) is 71.4 cm³/mol. The van der Waals surface area contributed by atoms with Gasteiger partial charge in [-0.2, -0.15) is 0 Å². The molecule has 18 heavy (non-hydrogen) atoms. The lowest BCUT2D eigenvalue weighted by atomic mass is 9.90. The Bertz CT molecular complexity index is 286. The monoisotopic (exact) mass is 254 g/mol. The summed E-state index contributed by atoms with van der Waals surface area (Å²) in [6, 6.07) is 0. The summed E-state index contributed by atoms with van der Waals surface area (Å²) in [6.45, 7) is 5.66. The van der Waals surface area contributed by atoms with Crippen LogP contribution in [0.15, 0.2) is 0 Å². The van der Waals surface area contributed by atoms with E-state index >= 15 is 0 Å². The van der Waals surface area contributed by atoms with Crippen molar-refractivity contribution < 1.29 is 9.53 Å². The number of hydrogen-bond donors (Lipinski definition) is 1. The number of rotatable bonds is 4. The van der Waals surface area contributed by atoms with E-state index in [1.165, 1.54) is 6.42 Å². The van der Waals surface area contributed by atoms with E-state index in [-0.39, 0.29) is 5.54 Å². The summed E-state index contributed by atoms with van der Waals surface area (Å²) in [7, 11) is 1.74. The molecule has 104 valence electrons. The molecule has 1 N–H and O–H groups in total. The Hall–Kier alpha value is -0.610. The highest BCUT2D eigenvalue weighted by molar-refractivity contribution is 5.86. The first-order valence-electron chi connectivity index (χ1n) is 7.25. The second kappa shape index (κ2) is 6.02. The van der Waals surface area contributed by atoms with Gasteiger partial charge in [0.25, 0.3) is 0 Å². The van der Waals surface area contributed by atoms with Gasteiger partial charge in [0, 0.05) is 20.2 Å². The fourth-order valence-corrected chi connectivity index (χ4v) is 3.37. The molecule has 0 spiro atoms. The van der Waals surface area contributed by atoms with Crippen LogP contribution in [0.3, 0.4) is 0 Å². The third kappa shape index (κ3) is 2.69. The molecule has 2 rings (SSSR count). The minimum absolute atomic E-state index is 0.269. The van der Waals surface area contributed by atoms with Gasteiger partial charge in [-0.3, -0.25) is 4.79 Å². The van der Waals surface area contributed by atoms with Crippen molar-refractivity contribution in [3.05, 3.63) is 0 Å². The van der Waals surface area contributed by atoms with Gasteiger partial charge in [-0.1, -0.05) is 6.92 Å². The molecule has 2 aliphatic rings. The van der Waals surface area contributed by atoms with E-state index in [1.807, 2.05) is 0 Å². The van der Waals surface area contributed by atoms with Crippen LogP contribution in [0.1, 0.15) is 39.0 Å². The highest BCUT2D eigenvalue weighted by Gasteiger charge is 2.42. The molecule has 0 radical (unpaired) electrons. The number of likely N-dealkylation sites (tertiary alicyclic amines) is 1. The lowest BCUT2D eigenvalue weighted by Crippen LogP contribution is -2.56. The highest BCUT2D eigenvalue weighted by atomic mass is 16.5. The Balaban J connectivity index is 1.99. The Labute approximate surface area is 110 Å². The summed E-state index contributed by atoms with van der Waals surface area (Å²) < 4.78 is 5.23. The van der Waals surface area contributed by atoms with Gasteiger partial charge in [0.15, 0.2) is 0 Å². The van der Waals surface area contributed by atoms with E-state index in [2.05, 4.69) is 17.1 Å². The van der Waals surface area contributed by atoms with Gasteiger partial charge >= 0.3 is 0 Å². The quantitative estimate of drug-likeness (QED) is 0.824. The summed E-state index contributed by atoms with van der Waals surface area (Å²) in [4.78, 5) is 14.8. The normalized spacial score (nSPS) is 32.8. The van der Waals surface area contributed by atoms with Gasteiger partial charge in [-0.25, -0.2) is 0 Å². The molecule has 0 aromatic rings. The van der Waals surface area contributed by atoms with Crippen molar-refractivity contribution >= 4 is 5.91 Å². The van der Waals surface area contributed by atoms with Crippen molar-refractivity contribution in [3.63, 3.8) is 0 Å². The molecule has 2 aliphatic heterocycles. The average Bonchev–Trinajstić information content (AvgIpc) is 2.88. The molecular weight excluding hydrogens is 228 g/mol. The maximum Gasteiger partial charge on any atom is 0.242 e. The largest absolute Gasteiger partial charge is 0.384 e. The summed E-state index contributed by atoms with van der Waals surface area (Å²) >= 11 is 0. The standard InChI is InChI=1S/C14H26N2O2/c1-3-14(7-5-8-15-14)13(17)16-9-4-6-12(10-16)11-18-2/h12,15H,3-11H2,1-2H3/t12-,14+/m1/s1. The molecule has 0 saturated carbocycles. The molecule has 2 atom stereocenters. The maximum atomic E-state index is 12.7. The molecular formula is C14H26N2O2. The van der Waals surface area contributed by atoms with Crippen molar-refractivity contribution in [2.75, 3.05) is 33.4 Å². The molecule has 4 heteroatoms. The smallest absolute Gasteiger partial charge is 0.242 e. The van der Waals surface area contributed by atoms with E-state index in [0.29, 0.717) is 11.8 Å². The van der Waals surface area contributed by atoms with Gasteiger partial charge in [-0.05, 0) is 44.6 Å². The predicted octanol–water partition coefficient (Wildman–Crippen LogP) is 1.40. The number of hydrogen-bond acceptors (Lipinski definition) is 3. The minimum atomic E-state index is -0.269. The van der Waals surface area contributed by atoms with Crippen LogP contribution in [0.25, 0.3) is 0 Å². The number of methoxy groups -OCH3 is 1. The lowest BCUT2D eigenvalue weighted by Gasteiger charge is -2.38. The lowest BCUT2D eigenvalue weighted by molar-refractivity contribution is -0.140. The van der Waals surface area contributed by atoms with Crippen LogP contribution in [0.4, 0.5) is 0 Å². The Morgan fingerprint density at radius 1 is 1.50 bits per heavy atom. The summed E-state index contributed by atoms with van der Waals surface area (Å²) in [5.41, 5.74) is -0.269. The molecule has 2 heterocycles. The third-order valence-electron chi connectivity index (χ3n) is 4.47. The van der Waals surface area contributed by atoms with E-state index in [0.717, 1.165) is 51.9 Å². The minimum Gasteiger partial charge on any atom is -0.384 e. The van der Waals surface area contributed by atoms with Crippen molar-refractivity contribution in [1.29, 1.82) is 0 Å². The molecule has 0 aliphatic carbocycles. The number of carbonyl (C=O) groups is 1. The number of amides is 1. The Morgan fingerprint density at radius 2 is 2.33 bits per heavy atom. The number of nitrogens with one attached hydrogen (secondary N) is 1. The molecule has 2 fully saturated rings. The summed E-state index contributed by atoms with van der Waals surface area (Å²) in [5, 5.41) is 3.44. The SMILES string of the molecule is CC[C@@]1(C(=O)N2CCC[C@@H](COC)C2)CCCN1. The second-order valence-corrected chi connectivity index (χ2v) is 5.68. The molecule has 2 saturated heterocycles. The zero-order valence-electron chi connectivity index (χ0n) is 11.7. The van der Waals surface area contributed by atoms with Crippen LogP contribution in [0, 0.1) is 5.92 Å². The topological polar surface area (TPSA) is 41.6 Å². The van der Waals surface area contributed by atoms with Gasteiger partial charge in [-0.15, -0.1) is 0 Å². The summed E-state index contributed by atoms with van der Waals surface area (Å²) in [6.07, 6.45) is 5.31. The van der Waals surface area contributed by atoms with E-state index in [9.17, 15) is 4.79 Å². The van der Waals surface area contributed by atoms with Gasteiger partial charge < -0.3 is 15.0 Å². The van der Waals surface area contributed by atoms with Crippen LogP contribution in [-0.4, -0.2) is 49.7 Å². The first-order chi connectivity index (χ1) is 8.72. The van der Waals surface area contributed by atoms with Gasteiger partial charge in [0.05, 0.1) is 12.1 Å². The van der Waals surface area contributed by atoms with Crippen LogP contribution >= 0.6 is 0 Å². The molecule has 0 unspecified atom stereocenters.